The molecular weight excluding hydrogens is 361 g/mol. The highest BCUT2D eigenvalue weighted by atomic mass is 35.5. The molecule has 0 aliphatic rings. The van der Waals surface area contributed by atoms with Crippen molar-refractivity contribution >= 4 is 29.2 Å². The minimum atomic E-state index is -4.62. The van der Waals surface area contributed by atoms with E-state index in [0.29, 0.717) is 6.42 Å². The number of alkyl halides is 3. The van der Waals surface area contributed by atoms with Gasteiger partial charge in [-0.3, -0.25) is 14.5 Å². The van der Waals surface area contributed by atoms with Crippen molar-refractivity contribution < 1.29 is 27.5 Å². The highest BCUT2D eigenvalue weighted by Crippen LogP contribution is 2.36. The number of benzene rings is 1. The number of ether oxygens (including phenoxy) is 1. The molecule has 0 saturated heterocycles. The lowest BCUT2D eigenvalue weighted by atomic mass is 10.2. The fourth-order valence-electron chi connectivity index (χ4n) is 2.25. The fraction of sp³-hybridized carbons (Fsp3) is 0.500. The molecule has 25 heavy (non-hydrogen) atoms. The summed E-state index contributed by atoms with van der Waals surface area (Å²) >= 11 is 5.53. The second-order valence-electron chi connectivity index (χ2n) is 5.33. The van der Waals surface area contributed by atoms with Gasteiger partial charge in [-0.2, -0.15) is 13.2 Å². The van der Waals surface area contributed by atoms with Crippen molar-refractivity contribution in [3.05, 3.63) is 28.8 Å². The Bertz CT molecular complexity index is 623. The maximum Gasteiger partial charge on any atom is 0.417 e. The third-order valence-corrected chi connectivity index (χ3v) is 3.76. The normalized spacial score (nSPS) is 12.8. The van der Waals surface area contributed by atoms with Crippen LogP contribution in [0, 0.1) is 0 Å². The second-order valence-corrected chi connectivity index (χ2v) is 5.74. The molecule has 0 spiro atoms. The van der Waals surface area contributed by atoms with E-state index in [-0.39, 0.29) is 18.8 Å². The maximum atomic E-state index is 12.8. The molecule has 9 heteroatoms. The topological polar surface area (TPSA) is 58.6 Å². The molecule has 0 aliphatic carbocycles. The summed E-state index contributed by atoms with van der Waals surface area (Å²) in [5.41, 5.74) is -1.06. The zero-order valence-electron chi connectivity index (χ0n) is 14.1. The second kappa shape index (κ2) is 9.05. The van der Waals surface area contributed by atoms with Gasteiger partial charge in [-0.05, 0) is 38.6 Å². The first-order valence-corrected chi connectivity index (χ1v) is 8.01. The van der Waals surface area contributed by atoms with Gasteiger partial charge in [0.1, 0.15) is 6.04 Å². The zero-order valence-corrected chi connectivity index (χ0v) is 14.9. The molecule has 0 aromatic heterocycles. The number of carbonyl (C=O) groups is 2. The number of hydrogen-bond donors (Lipinski definition) is 1. The molecule has 1 unspecified atom stereocenters. The van der Waals surface area contributed by atoms with Crippen molar-refractivity contribution in [2.24, 2.45) is 0 Å². The summed E-state index contributed by atoms with van der Waals surface area (Å²) in [6, 6.07) is 2.50. The monoisotopic (exact) mass is 380 g/mol. The average Bonchev–Trinajstić information content (AvgIpc) is 2.49. The van der Waals surface area contributed by atoms with Gasteiger partial charge in [-0.15, -0.1) is 0 Å². The third-order valence-electron chi connectivity index (χ3n) is 3.43. The van der Waals surface area contributed by atoms with Crippen LogP contribution in [0.2, 0.25) is 5.02 Å². The molecule has 0 heterocycles. The first-order chi connectivity index (χ1) is 11.6. The van der Waals surface area contributed by atoms with E-state index in [1.165, 1.54) is 11.0 Å². The lowest BCUT2D eigenvalue weighted by Crippen LogP contribution is -2.43. The highest BCUT2D eigenvalue weighted by molar-refractivity contribution is 6.31. The van der Waals surface area contributed by atoms with Crippen LogP contribution in [0.15, 0.2) is 18.2 Å². The molecule has 1 N–H and O–H groups in total. The van der Waals surface area contributed by atoms with Crippen molar-refractivity contribution in [3.8, 4) is 0 Å². The molecule has 5 nitrogen and oxygen atoms in total. The van der Waals surface area contributed by atoms with E-state index in [1.807, 2.05) is 0 Å². The minimum absolute atomic E-state index is 0.0284. The summed E-state index contributed by atoms with van der Waals surface area (Å²) < 4.78 is 43.4. The van der Waals surface area contributed by atoms with Crippen molar-refractivity contribution in [1.29, 1.82) is 0 Å². The Labute approximate surface area is 149 Å². The molecule has 1 aromatic rings. The molecule has 0 bridgehead atoms. The standard InChI is InChI=1S/C16H20ClF3N2O3/c1-4-13(15(24)25-5-2)22(3)9-14(23)21-10-6-7-12(17)11(8-10)16(18,19)20/h6-8,13H,4-5,9H2,1-3H3,(H,21,23). The van der Waals surface area contributed by atoms with Gasteiger partial charge in [-0.25, -0.2) is 0 Å². The Balaban J connectivity index is 2.78. The lowest BCUT2D eigenvalue weighted by Gasteiger charge is -2.24. The van der Waals surface area contributed by atoms with Crippen molar-refractivity contribution in [1.82, 2.24) is 4.90 Å². The van der Waals surface area contributed by atoms with Gasteiger partial charge in [-0.1, -0.05) is 18.5 Å². The largest absolute Gasteiger partial charge is 0.465 e. The van der Waals surface area contributed by atoms with Crippen LogP contribution in [-0.4, -0.2) is 43.0 Å². The number of carbonyl (C=O) groups excluding carboxylic acids is 2. The smallest absolute Gasteiger partial charge is 0.417 e. The number of rotatable bonds is 7. The van der Waals surface area contributed by atoms with Crippen molar-refractivity contribution in [2.45, 2.75) is 32.5 Å². The lowest BCUT2D eigenvalue weighted by molar-refractivity contribution is -0.149. The van der Waals surface area contributed by atoms with Gasteiger partial charge in [0.25, 0.3) is 0 Å². The highest BCUT2D eigenvalue weighted by Gasteiger charge is 2.33. The van der Waals surface area contributed by atoms with Gasteiger partial charge < -0.3 is 10.1 Å². The summed E-state index contributed by atoms with van der Waals surface area (Å²) in [4.78, 5) is 25.3. The summed E-state index contributed by atoms with van der Waals surface area (Å²) in [5.74, 6) is -1.01. The Morgan fingerprint density at radius 2 is 1.96 bits per heavy atom. The van der Waals surface area contributed by atoms with E-state index in [0.717, 1.165) is 12.1 Å². The number of esters is 1. The number of halogens is 4. The maximum absolute atomic E-state index is 12.8. The molecule has 0 aliphatic heterocycles. The number of nitrogens with zero attached hydrogens (tertiary/aromatic N) is 1. The molecule has 1 amide bonds. The van der Waals surface area contributed by atoms with E-state index < -0.39 is 34.7 Å². The van der Waals surface area contributed by atoms with E-state index >= 15 is 0 Å². The summed E-state index contributed by atoms with van der Waals surface area (Å²) in [6.07, 6.45) is -4.19. The Morgan fingerprint density at radius 1 is 1.32 bits per heavy atom. The number of amides is 1. The summed E-state index contributed by atoms with van der Waals surface area (Å²) in [5, 5.41) is 1.92. The van der Waals surface area contributed by atoms with Crippen LogP contribution in [0.3, 0.4) is 0 Å². The van der Waals surface area contributed by atoms with Crippen molar-refractivity contribution in [3.63, 3.8) is 0 Å². The van der Waals surface area contributed by atoms with Gasteiger partial charge in [0.2, 0.25) is 5.91 Å². The Hall–Kier alpha value is -1.80. The Kier molecular flexibility index (Phi) is 7.69. The fourth-order valence-corrected chi connectivity index (χ4v) is 2.48. The summed E-state index contributed by atoms with van der Waals surface area (Å²) in [6.45, 7) is 3.49. The van der Waals surface area contributed by atoms with Crippen LogP contribution in [0.25, 0.3) is 0 Å². The number of hydrogen-bond acceptors (Lipinski definition) is 4. The van der Waals surface area contributed by atoms with Crippen LogP contribution in [0.1, 0.15) is 25.8 Å². The van der Waals surface area contributed by atoms with E-state index in [4.69, 9.17) is 16.3 Å². The summed E-state index contributed by atoms with van der Waals surface area (Å²) in [7, 11) is 1.56. The number of anilines is 1. The van der Waals surface area contributed by atoms with Gasteiger partial charge >= 0.3 is 12.1 Å². The average molecular weight is 381 g/mol. The Morgan fingerprint density at radius 3 is 2.48 bits per heavy atom. The quantitative estimate of drug-likeness (QED) is 0.735. The SMILES string of the molecule is CCOC(=O)C(CC)N(C)CC(=O)Nc1ccc(Cl)c(C(F)(F)F)c1. The van der Waals surface area contributed by atoms with Crippen molar-refractivity contribution in [2.75, 3.05) is 25.5 Å². The molecule has 0 saturated carbocycles. The van der Waals surface area contributed by atoms with E-state index in [1.54, 1.807) is 20.9 Å². The van der Waals surface area contributed by atoms with Crippen LogP contribution < -0.4 is 5.32 Å². The van der Waals surface area contributed by atoms with E-state index in [2.05, 4.69) is 5.32 Å². The number of likely N-dealkylation sites (N-methyl/N-ethyl adjacent to an activating group) is 1. The van der Waals surface area contributed by atoms with E-state index in [9.17, 15) is 22.8 Å². The third kappa shape index (κ3) is 6.21. The van der Waals surface area contributed by atoms with Gasteiger partial charge in [0.05, 0.1) is 23.7 Å². The molecule has 140 valence electrons. The first-order valence-electron chi connectivity index (χ1n) is 7.63. The van der Waals surface area contributed by atoms with Crippen LogP contribution in [0.5, 0.6) is 0 Å². The predicted octanol–water partition coefficient (Wildman–Crippen LogP) is 3.57. The van der Waals surface area contributed by atoms with Crippen LogP contribution in [0.4, 0.5) is 18.9 Å². The molecular formula is C16H20ClF3N2O3. The number of nitrogens with one attached hydrogen (secondary N) is 1. The van der Waals surface area contributed by atoms with Gasteiger partial charge in [0, 0.05) is 5.69 Å². The molecule has 0 fully saturated rings. The zero-order chi connectivity index (χ0) is 19.2. The predicted molar refractivity (Wildman–Crippen MR) is 88.4 cm³/mol. The van der Waals surface area contributed by atoms with Crippen LogP contribution in [-0.2, 0) is 20.5 Å². The van der Waals surface area contributed by atoms with Gasteiger partial charge in [0.15, 0.2) is 0 Å². The molecule has 0 radical (unpaired) electrons. The molecule has 1 aromatic carbocycles. The van der Waals surface area contributed by atoms with Crippen LogP contribution >= 0.6 is 11.6 Å². The molecule has 1 atom stereocenters. The molecule has 1 rings (SSSR count). The first kappa shape index (κ1) is 21.2. The minimum Gasteiger partial charge on any atom is -0.465 e.